The Bertz CT molecular complexity index is 283. The van der Waals surface area contributed by atoms with Crippen molar-refractivity contribution in [1.82, 2.24) is 10.2 Å². The van der Waals surface area contributed by atoms with E-state index in [1.807, 2.05) is 0 Å². The Morgan fingerprint density at radius 1 is 1.11 bits per heavy atom. The van der Waals surface area contributed by atoms with Gasteiger partial charge in [0.05, 0.1) is 0 Å². The molecule has 0 aromatic heterocycles. The topological polar surface area (TPSA) is 58.4 Å². The average molecular weight is 267 g/mol. The molecule has 2 saturated heterocycles. The minimum absolute atomic E-state index is 0.255. The normalized spacial score (nSPS) is 27.2. The van der Waals surface area contributed by atoms with Gasteiger partial charge < -0.3 is 11.1 Å². The molecule has 0 radical (unpaired) electrons. The zero-order chi connectivity index (χ0) is 13.5. The molecule has 3 N–H and O–H groups in total. The maximum absolute atomic E-state index is 12.0. The van der Waals surface area contributed by atoms with Crippen molar-refractivity contribution in [3.8, 4) is 0 Å². The van der Waals surface area contributed by atoms with Gasteiger partial charge in [0, 0.05) is 25.0 Å². The Kier molecular flexibility index (Phi) is 6.11. The van der Waals surface area contributed by atoms with E-state index in [1.165, 1.54) is 32.4 Å². The van der Waals surface area contributed by atoms with Gasteiger partial charge in [-0.15, -0.1) is 0 Å². The van der Waals surface area contributed by atoms with E-state index in [4.69, 9.17) is 5.73 Å². The lowest BCUT2D eigenvalue weighted by atomic mass is 9.99. The van der Waals surface area contributed by atoms with Gasteiger partial charge in [0.2, 0.25) is 5.91 Å². The zero-order valence-electron chi connectivity index (χ0n) is 12.1. The first-order valence-electron chi connectivity index (χ1n) is 8.05. The summed E-state index contributed by atoms with van der Waals surface area (Å²) >= 11 is 0. The number of carbonyl (C=O) groups excluding carboxylic acids is 1. The molecule has 4 heteroatoms. The number of fused-ring (bicyclic) bond motifs is 1. The predicted octanol–water partition coefficient (Wildman–Crippen LogP) is 1.64. The van der Waals surface area contributed by atoms with Crippen LogP contribution in [-0.4, -0.2) is 42.5 Å². The summed E-state index contributed by atoms with van der Waals surface area (Å²) in [5.41, 5.74) is 5.46. The third kappa shape index (κ3) is 4.46. The molecule has 4 nitrogen and oxygen atoms in total. The third-order valence-corrected chi connectivity index (χ3v) is 4.56. The van der Waals surface area contributed by atoms with Crippen molar-refractivity contribution in [1.29, 1.82) is 0 Å². The largest absolute Gasteiger partial charge is 0.352 e. The summed E-state index contributed by atoms with van der Waals surface area (Å²) in [4.78, 5) is 14.5. The van der Waals surface area contributed by atoms with Crippen molar-refractivity contribution in [2.24, 2.45) is 5.73 Å². The first-order valence-corrected chi connectivity index (χ1v) is 8.05. The lowest BCUT2D eigenvalue weighted by Gasteiger charge is -2.32. The van der Waals surface area contributed by atoms with Crippen LogP contribution in [0, 0.1) is 0 Å². The molecule has 19 heavy (non-hydrogen) atoms. The van der Waals surface area contributed by atoms with Crippen LogP contribution >= 0.6 is 0 Å². The van der Waals surface area contributed by atoms with Gasteiger partial charge in [0.15, 0.2) is 0 Å². The summed E-state index contributed by atoms with van der Waals surface area (Å²) in [6.07, 6.45) is 10.1. The molecule has 0 aromatic rings. The van der Waals surface area contributed by atoms with Gasteiger partial charge in [-0.2, -0.15) is 0 Å². The number of nitrogens with zero attached hydrogens (tertiary/aromatic N) is 1. The van der Waals surface area contributed by atoms with Crippen LogP contribution in [0.25, 0.3) is 0 Å². The van der Waals surface area contributed by atoms with Crippen molar-refractivity contribution in [2.45, 2.75) is 69.9 Å². The van der Waals surface area contributed by atoms with Crippen LogP contribution in [0.2, 0.25) is 0 Å². The van der Waals surface area contributed by atoms with Crippen LogP contribution < -0.4 is 11.1 Å². The molecular formula is C15H29N3O. The molecule has 0 spiro atoms. The number of piperidine rings is 1. The van der Waals surface area contributed by atoms with E-state index in [-0.39, 0.29) is 5.91 Å². The molecule has 0 aromatic carbocycles. The van der Waals surface area contributed by atoms with Crippen molar-refractivity contribution in [3.05, 3.63) is 0 Å². The average Bonchev–Trinajstić information content (AvgIpc) is 2.82. The van der Waals surface area contributed by atoms with Crippen molar-refractivity contribution in [3.63, 3.8) is 0 Å². The second kappa shape index (κ2) is 7.85. The van der Waals surface area contributed by atoms with Crippen LogP contribution in [-0.2, 0) is 4.79 Å². The number of nitrogens with one attached hydrogen (secondary N) is 1. The highest BCUT2D eigenvalue weighted by Crippen LogP contribution is 2.27. The maximum Gasteiger partial charge on any atom is 0.220 e. The molecule has 2 aliphatic heterocycles. The van der Waals surface area contributed by atoms with E-state index >= 15 is 0 Å². The summed E-state index contributed by atoms with van der Waals surface area (Å²) < 4.78 is 0. The molecule has 2 heterocycles. The third-order valence-electron chi connectivity index (χ3n) is 4.56. The molecule has 110 valence electrons. The van der Waals surface area contributed by atoms with E-state index < -0.39 is 0 Å². The molecule has 0 bridgehead atoms. The van der Waals surface area contributed by atoms with E-state index in [9.17, 15) is 4.79 Å². The highest BCUT2D eigenvalue weighted by Gasteiger charge is 2.35. The number of hydrogen-bond acceptors (Lipinski definition) is 3. The Morgan fingerprint density at radius 3 is 2.79 bits per heavy atom. The summed E-state index contributed by atoms with van der Waals surface area (Å²) in [6, 6.07) is 1.03. The lowest BCUT2D eigenvalue weighted by molar-refractivity contribution is -0.122. The van der Waals surface area contributed by atoms with E-state index in [0.717, 1.165) is 38.6 Å². The van der Waals surface area contributed by atoms with Crippen LogP contribution in [0.3, 0.4) is 0 Å². The zero-order valence-corrected chi connectivity index (χ0v) is 12.1. The smallest absolute Gasteiger partial charge is 0.220 e. The number of hydrogen-bond donors (Lipinski definition) is 2. The first-order chi connectivity index (χ1) is 9.31. The Morgan fingerprint density at radius 2 is 1.95 bits per heavy atom. The van der Waals surface area contributed by atoms with Crippen LogP contribution in [0.5, 0.6) is 0 Å². The Balaban J connectivity index is 1.62. The fraction of sp³-hybridized carbons (Fsp3) is 0.933. The molecular weight excluding hydrogens is 238 g/mol. The second-order valence-corrected chi connectivity index (χ2v) is 6.01. The Labute approximate surface area is 117 Å². The second-order valence-electron chi connectivity index (χ2n) is 6.01. The van der Waals surface area contributed by atoms with E-state index in [1.54, 1.807) is 0 Å². The number of nitrogens with two attached hydrogens (primary N) is 1. The van der Waals surface area contributed by atoms with Crippen LogP contribution in [0.1, 0.15) is 57.8 Å². The fourth-order valence-electron chi connectivity index (χ4n) is 3.48. The van der Waals surface area contributed by atoms with Gasteiger partial charge in [0.25, 0.3) is 0 Å². The van der Waals surface area contributed by atoms with Crippen molar-refractivity contribution in [2.75, 3.05) is 19.6 Å². The van der Waals surface area contributed by atoms with Gasteiger partial charge in [-0.1, -0.05) is 19.3 Å². The molecule has 0 saturated carbocycles. The van der Waals surface area contributed by atoms with Crippen molar-refractivity contribution >= 4 is 5.91 Å². The quantitative estimate of drug-likeness (QED) is 0.689. The van der Waals surface area contributed by atoms with E-state index in [2.05, 4.69) is 10.2 Å². The minimum Gasteiger partial charge on any atom is -0.352 e. The van der Waals surface area contributed by atoms with Gasteiger partial charge in [-0.05, 0) is 45.2 Å². The number of carbonyl (C=O) groups is 1. The minimum atomic E-state index is 0.255. The fourth-order valence-corrected chi connectivity index (χ4v) is 3.48. The summed E-state index contributed by atoms with van der Waals surface area (Å²) in [5.74, 6) is 0.255. The van der Waals surface area contributed by atoms with Crippen LogP contribution in [0.15, 0.2) is 0 Å². The summed E-state index contributed by atoms with van der Waals surface area (Å²) in [7, 11) is 0. The van der Waals surface area contributed by atoms with E-state index in [0.29, 0.717) is 18.5 Å². The maximum atomic E-state index is 12.0. The van der Waals surface area contributed by atoms with Crippen molar-refractivity contribution < 1.29 is 4.79 Å². The Hall–Kier alpha value is -0.610. The van der Waals surface area contributed by atoms with Gasteiger partial charge >= 0.3 is 0 Å². The monoisotopic (exact) mass is 267 g/mol. The molecule has 2 fully saturated rings. The molecule has 2 aliphatic rings. The first kappa shape index (κ1) is 14.8. The number of unbranched alkanes of at least 4 members (excludes halogenated alkanes) is 3. The molecule has 2 rings (SSSR count). The lowest BCUT2D eigenvalue weighted by Crippen LogP contribution is -2.46. The van der Waals surface area contributed by atoms with Gasteiger partial charge in [0.1, 0.15) is 0 Å². The number of rotatable bonds is 7. The van der Waals surface area contributed by atoms with Gasteiger partial charge in [-0.3, -0.25) is 9.69 Å². The molecule has 0 aliphatic carbocycles. The summed E-state index contributed by atoms with van der Waals surface area (Å²) in [6.45, 7) is 3.17. The number of amides is 1. The highest BCUT2D eigenvalue weighted by atomic mass is 16.1. The highest BCUT2D eigenvalue weighted by molar-refractivity contribution is 5.76. The molecule has 1 amide bonds. The van der Waals surface area contributed by atoms with Crippen LogP contribution in [0.4, 0.5) is 0 Å². The summed E-state index contributed by atoms with van der Waals surface area (Å²) in [5, 5.41) is 3.26. The van der Waals surface area contributed by atoms with Gasteiger partial charge in [-0.25, -0.2) is 0 Å². The molecule has 2 unspecified atom stereocenters. The predicted molar refractivity (Wildman–Crippen MR) is 77.9 cm³/mol. The SMILES string of the molecule is NCCCCCCC(=O)NC1CCN2CCCCC12. The molecule has 2 atom stereocenters. The standard InChI is InChI=1S/C15H29N3O/c16-10-5-2-1-3-8-15(19)17-13-9-12-18-11-6-4-7-14(13)18/h13-14H,1-12,16H2,(H,17,19).